The van der Waals surface area contributed by atoms with E-state index in [2.05, 4.69) is 265 Å². The Bertz CT molecular complexity index is 4540. The van der Waals surface area contributed by atoms with Crippen molar-refractivity contribution in [1.29, 1.82) is 0 Å². The van der Waals surface area contributed by atoms with Crippen LogP contribution in [0.5, 0.6) is 0 Å². The van der Waals surface area contributed by atoms with E-state index < -0.39 is 5.41 Å². The van der Waals surface area contributed by atoms with Gasteiger partial charge in [-0.15, -0.1) is 0 Å². The van der Waals surface area contributed by atoms with Gasteiger partial charge in [-0.3, -0.25) is 0 Å². The first kappa shape index (κ1) is 49.9. The summed E-state index contributed by atoms with van der Waals surface area (Å²) in [6, 6.07) is 95.7. The van der Waals surface area contributed by atoms with Crippen LogP contribution < -0.4 is 9.80 Å². The van der Waals surface area contributed by atoms with E-state index in [0.717, 1.165) is 88.8 Å². The molecule has 0 bridgehead atoms. The van der Waals surface area contributed by atoms with Crippen LogP contribution in [0.3, 0.4) is 0 Å². The molecule has 2 saturated carbocycles. The summed E-state index contributed by atoms with van der Waals surface area (Å²) in [5, 5.41) is 9.16. The van der Waals surface area contributed by atoms with E-state index in [1.165, 1.54) is 119 Å². The molecule has 14 aromatic rings. The van der Waals surface area contributed by atoms with E-state index in [-0.39, 0.29) is 0 Å². The molecular weight excluding hydrogens is 1030 g/mol. The lowest BCUT2D eigenvalue weighted by molar-refractivity contribution is 0.443. The molecule has 0 N–H and O–H groups in total. The van der Waals surface area contributed by atoms with Crippen LogP contribution >= 0.6 is 0 Å². The Morgan fingerprint density at radius 2 is 0.647 bits per heavy atom. The number of rotatable bonds is 10. The molecule has 17 rings (SSSR count). The van der Waals surface area contributed by atoms with Gasteiger partial charge in [0, 0.05) is 43.7 Å². The molecule has 2 fully saturated rings. The van der Waals surface area contributed by atoms with Gasteiger partial charge in [-0.1, -0.05) is 233 Å². The van der Waals surface area contributed by atoms with Gasteiger partial charge in [-0.25, -0.2) is 0 Å². The number of nitrogens with zero attached hydrogens (tertiary/aromatic N) is 2. The van der Waals surface area contributed by atoms with Crippen LogP contribution in [0, 0.1) is 0 Å². The first-order valence-corrected chi connectivity index (χ1v) is 31.0. The number of fused-ring (bicyclic) bond motifs is 13. The van der Waals surface area contributed by atoms with Crippen LogP contribution in [0.25, 0.3) is 76.5 Å². The van der Waals surface area contributed by atoms with Gasteiger partial charge >= 0.3 is 0 Å². The zero-order valence-corrected chi connectivity index (χ0v) is 47.7. The molecule has 0 aliphatic heterocycles. The monoisotopic (exact) mass is 1100 g/mol. The van der Waals surface area contributed by atoms with Crippen molar-refractivity contribution in [2.45, 2.75) is 81.5 Å². The Hall–Kier alpha value is -9.64. The van der Waals surface area contributed by atoms with Crippen molar-refractivity contribution in [3.63, 3.8) is 0 Å². The second kappa shape index (κ2) is 20.3. The largest absolute Gasteiger partial charge is 0.454 e. The molecule has 4 nitrogen and oxygen atoms in total. The van der Waals surface area contributed by atoms with E-state index in [1.54, 1.807) is 0 Å². The minimum absolute atomic E-state index is 0.579. The summed E-state index contributed by atoms with van der Waals surface area (Å²) in [4.78, 5) is 5.02. The molecule has 0 atom stereocenters. The molecule has 4 heteroatoms. The second-order valence-electron chi connectivity index (χ2n) is 24.2. The first-order valence-electron chi connectivity index (χ1n) is 31.0. The van der Waals surface area contributed by atoms with Crippen LogP contribution in [-0.2, 0) is 5.41 Å². The van der Waals surface area contributed by atoms with Crippen molar-refractivity contribution in [2.75, 3.05) is 9.80 Å². The SMILES string of the molecule is c1ccc(C2(c3ccccc3)c3cc(N(c4ccc(C5CCCCC5)cc4)c4cccc5c4oc4ccccc45)c4ccccc4c3-c3c2cc(N(c2ccc(C4CCCCC4)cc2)c2cccc4c2oc2ccccc24)c2ccccc32)cc1. The fraction of sp³-hybridized carbons (Fsp3) is 0.160. The summed E-state index contributed by atoms with van der Waals surface area (Å²) >= 11 is 0. The standard InChI is InChI=1S/C81H64N2O2/c1-5-23-53(24-6-1)55-43-47-59(48-44-55)82(71-39-21-37-67-63-33-17-19-41-75(63)84-79(67)71)73-51-69-77(65-35-15-13-31-61(65)73)78-66-36-16-14-32-62(66)74(52-70(78)81(69,57-27-9-3-10-28-57)58-29-11-4-12-30-58)83(60-49-45-56(46-50-60)54-25-7-2-8-26-54)72-40-22-38-68-64-34-18-20-42-76(64)85-80(68)72/h3-4,9-22,27-54H,1-2,5-8,23-26H2. The first-order chi connectivity index (χ1) is 42.2. The average molecular weight is 1100 g/mol. The maximum atomic E-state index is 7.05. The number of hydrogen-bond donors (Lipinski definition) is 0. The molecule has 0 amide bonds. The molecule has 0 unspecified atom stereocenters. The Kier molecular flexibility index (Phi) is 11.9. The summed E-state index contributed by atoms with van der Waals surface area (Å²) in [7, 11) is 0. The Balaban J connectivity index is 0.979. The maximum Gasteiger partial charge on any atom is 0.159 e. The normalized spacial score (nSPS) is 15.3. The molecule has 3 aliphatic carbocycles. The van der Waals surface area contributed by atoms with Gasteiger partial charge in [0.2, 0.25) is 0 Å². The number of anilines is 6. The molecule has 2 aromatic heterocycles. The van der Waals surface area contributed by atoms with E-state index in [4.69, 9.17) is 8.83 Å². The van der Waals surface area contributed by atoms with Gasteiger partial charge in [-0.05, 0) is 153 Å². The highest BCUT2D eigenvalue weighted by Crippen LogP contribution is 2.63. The zero-order valence-electron chi connectivity index (χ0n) is 47.7. The maximum absolute atomic E-state index is 7.05. The topological polar surface area (TPSA) is 32.8 Å². The second-order valence-corrected chi connectivity index (χ2v) is 24.2. The highest BCUT2D eigenvalue weighted by molar-refractivity contribution is 6.20. The average Bonchev–Trinajstić information content (AvgIpc) is 1.56. The van der Waals surface area contributed by atoms with E-state index >= 15 is 0 Å². The lowest BCUT2D eigenvalue weighted by Gasteiger charge is -2.36. The minimum atomic E-state index is -0.811. The third kappa shape index (κ3) is 7.87. The molecule has 3 aliphatic rings. The summed E-state index contributed by atoms with van der Waals surface area (Å²) in [6.07, 6.45) is 12.8. The number of para-hydroxylation sites is 4. The summed E-state index contributed by atoms with van der Waals surface area (Å²) in [5.41, 5.74) is 19.3. The molecule has 410 valence electrons. The fourth-order valence-corrected chi connectivity index (χ4v) is 15.8. The smallest absolute Gasteiger partial charge is 0.159 e. The number of benzene rings is 12. The predicted molar refractivity (Wildman–Crippen MR) is 354 cm³/mol. The van der Waals surface area contributed by atoms with Crippen molar-refractivity contribution in [1.82, 2.24) is 0 Å². The Morgan fingerprint density at radius 3 is 1.06 bits per heavy atom. The van der Waals surface area contributed by atoms with Crippen molar-refractivity contribution >= 4 is 99.5 Å². The molecule has 0 radical (unpaired) electrons. The molecular formula is C81H64N2O2. The molecule has 0 saturated heterocycles. The number of furan rings is 2. The van der Waals surface area contributed by atoms with E-state index in [0.29, 0.717) is 11.8 Å². The van der Waals surface area contributed by atoms with Gasteiger partial charge in [0.15, 0.2) is 11.2 Å². The molecule has 0 spiro atoms. The fourth-order valence-electron chi connectivity index (χ4n) is 15.8. The Morgan fingerprint density at radius 1 is 0.294 bits per heavy atom. The van der Waals surface area contributed by atoms with Gasteiger partial charge in [0.25, 0.3) is 0 Å². The van der Waals surface area contributed by atoms with E-state index in [1.807, 2.05) is 0 Å². The molecule has 2 heterocycles. The van der Waals surface area contributed by atoms with Crippen LogP contribution in [0.4, 0.5) is 34.1 Å². The van der Waals surface area contributed by atoms with Crippen LogP contribution in [0.2, 0.25) is 0 Å². The van der Waals surface area contributed by atoms with E-state index in [9.17, 15) is 0 Å². The van der Waals surface area contributed by atoms with Crippen molar-refractivity contribution in [3.8, 4) is 11.1 Å². The third-order valence-electron chi connectivity index (χ3n) is 19.7. The lowest BCUT2D eigenvalue weighted by atomic mass is 9.67. The van der Waals surface area contributed by atoms with Gasteiger partial charge in [0.05, 0.1) is 28.2 Å². The zero-order chi connectivity index (χ0) is 56.0. The summed E-state index contributed by atoms with van der Waals surface area (Å²) < 4.78 is 14.1. The van der Waals surface area contributed by atoms with Gasteiger partial charge < -0.3 is 18.6 Å². The third-order valence-corrected chi connectivity index (χ3v) is 19.7. The van der Waals surface area contributed by atoms with Crippen LogP contribution in [0.15, 0.2) is 264 Å². The quantitative estimate of drug-likeness (QED) is 0.137. The predicted octanol–water partition coefficient (Wildman–Crippen LogP) is 23.2. The van der Waals surface area contributed by atoms with Crippen LogP contribution in [-0.4, -0.2) is 0 Å². The highest BCUT2D eigenvalue weighted by atomic mass is 16.3. The lowest BCUT2D eigenvalue weighted by Crippen LogP contribution is -2.29. The number of hydrogen-bond acceptors (Lipinski definition) is 4. The summed E-state index contributed by atoms with van der Waals surface area (Å²) in [5.74, 6) is 1.16. The summed E-state index contributed by atoms with van der Waals surface area (Å²) in [6.45, 7) is 0. The van der Waals surface area contributed by atoms with Gasteiger partial charge in [-0.2, -0.15) is 0 Å². The Labute approximate surface area is 496 Å². The van der Waals surface area contributed by atoms with Gasteiger partial charge in [0.1, 0.15) is 11.2 Å². The van der Waals surface area contributed by atoms with Crippen molar-refractivity contribution < 1.29 is 8.83 Å². The minimum Gasteiger partial charge on any atom is -0.454 e. The molecule has 85 heavy (non-hydrogen) atoms. The molecule has 12 aromatic carbocycles. The van der Waals surface area contributed by atoms with Crippen molar-refractivity contribution in [2.24, 2.45) is 0 Å². The highest BCUT2D eigenvalue weighted by Gasteiger charge is 2.49. The van der Waals surface area contributed by atoms with Crippen LogP contribution in [0.1, 0.15) is 109 Å². The van der Waals surface area contributed by atoms with Crippen molar-refractivity contribution in [3.05, 3.63) is 288 Å².